The number of halogens is 2. The first-order chi connectivity index (χ1) is 13.5. The van der Waals surface area contributed by atoms with Crippen LogP contribution in [-0.4, -0.2) is 31.3 Å². The molecule has 28 heavy (non-hydrogen) atoms. The van der Waals surface area contributed by atoms with Gasteiger partial charge in [0.15, 0.2) is 16.6 Å². The quantitative estimate of drug-likeness (QED) is 0.288. The number of ketones is 1. The number of para-hydroxylation sites is 1. The highest BCUT2D eigenvalue weighted by Gasteiger charge is 2.16. The number of nitrogens with zero attached hydrogens (tertiary/aromatic N) is 3. The fraction of sp³-hybridized carbons (Fsp3) is 0.0526. The Balaban J connectivity index is 1.71. The summed E-state index contributed by atoms with van der Waals surface area (Å²) in [6.07, 6.45) is 1.44. The topological polar surface area (TPSA) is 80.6 Å². The third-order valence-corrected chi connectivity index (χ3v) is 5.72. The van der Waals surface area contributed by atoms with Crippen molar-refractivity contribution in [1.29, 1.82) is 0 Å². The van der Waals surface area contributed by atoms with Crippen LogP contribution >= 0.6 is 35.0 Å². The highest BCUT2D eigenvalue weighted by Crippen LogP contribution is 2.25. The van der Waals surface area contributed by atoms with Crippen molar-refractivity contribution in [1.82, 2.24) is 19.7 Å². The van der Waals surface area contributed by atoms with E-state index in [1.54, 1.807) is 24.3 Å². The molecular weight excluding hydrogens is 419 g/mol. The SMILES string of the molecule is O=C(CSc1nc2[nH]ncc2c(=O)n1-c1ccccc1)c1ccc(Cl)c(Cl)c1. The van der Waals surface area contributed by atoms with Crippen LogP contribution in [0.3, 0.4) is 0 Å². The minimum absolute atomic E-state index is 0.0802. The summed E-state index contributed by atoms with van der Waals surface area (Å²) in [6, 6.07) is 13.9. The lowest BCUT2D eigenvalue weighted by molar-refractivity contribution is 0.102. The lowest BCUT2D eigenvalue weighted by atomic mass is 10.1. The number of hydrogen-bond acceptors (Lipinski definition) is 5. The first-order valence-corrected chi connectivity index (χ1v) is 9.91. The van der Waals surface area contributed by atoms with Crippen LogP contribution in [0.15, 0.2) is 64.7 Å². The van der Waals surface area contributed by atoms with Crippen LogP contribution in [-0.2, 0) is 0 Å². The van der Waals surface area contributed by atoms with Crippen molar-refractivity contribution in [2.45, 2.75) is 5.16 Å². The van der Waals surface area contributed by atoms with Crippen LogP contribution in [0.5, 0.6) is 0 Å². The Morgan fingerprint density at radius 1 is 1.11 bits per heavy atom. The van der Waals surface area contributed by atoms with E-state index in [0.29, 0.717) is 37.5 Å². The molecule has 6 nitrogen and oxygen atoms in total. The molecule has 0 unspecified atom stereocenters. The number of H-pyrrole nitrogens is 1. The molecule has 2 heterocycles. The van der Waals surface area contributed by atoms with E-state index in [1.807, 2.05) is 18.2 Å². The summed E-state index contributed by atoms with van der Waals surface area (Å²) in [5.74, 6) is -0.0706. The van der Waals surface area contributed by atoms with Crippen LogP contribution in [0.4, 0.5) is 0 Å². The van der Waals surface area contributed by atoms with Crippen LogP contribution in [0.1, 0.15) is 10.4 Å². The summed E-state index contributed by atoms with van der Waals surface area (Å²) in [5.41, 5.74) is 1.22. The van der Waals surface area contributed by atoms with Gasteiger partial charge in [-0.3, -0.25) is 19.3 Å². The maximum absolute atomic E-state index is 12.9. The van der Waals surface area contributed by atoms with Crippen molar-refractivity contribution in [3.63, 3.8) is 0 Å². The van der Waals surface area contributed by atoms with E-state index in [1.165, 1.54) is 28.6 Å². The number of carbonyl (C=O) groups is 1. The smallest absolute Gasteiger partial charge is 0.269 e. The fourth-order valence-corrected chi connectivity index (χ4v) is 3.86. The average molecular weight is 431 g/mol. The number of thioether (sulfide) groups is 1. The summed E-state index contributed by atoms with van der Waals surface area (Å²) < 4.78 is 1.48. The number of carbonyl (C=O) groups excluding carboxylic acids is 1. The van der Waals surface area contributed by atoms with E-state index >= 15 is 0 Å². The average Bonchev–Trinajstić information content (AvgIpc) is 3.18. The highest BCUT2D eigenvalue weighted by molar-refractivity contribution is 7.99. The van der Waals surface area contributed by atoms with Gasteiger partial charge >= 0.3 is 0 Å². The summed E-state index contributed by atoms with van der Waals surface area (Å²) in [4.78, 5) is 30.0. The minimum Gasteiger partial charge on any atom is -0.293 e. The number of hydrogen-bond donors (Lipinski definition) is 1. The van der Waals surface area contributed by atoms with Gasteiger partial charge in [0.25, 0.3) is 5.56 Å². The fourth-order valence-electron chi connectivity index (χ4n) is 2.66. The predicted octanol–water partition coefficient (Wildman–Crippen LogP) is 4.39. The molecule has 0 aliphatic rings. The van der Waals surface area contributed by atoms with E-state index in [0.717, 1.165) is 0 Å². The van der Waals surface area contributed by atoms with Gasteiger partial charge in [0.05, 0.1) is 27.7 Å². The Labute approximate surface area is 173 Å². The molecule has 9 heteroatoms. The van der Waals surface area contributed by atoms with Crippen molar-refractivity contribution < 1.29 is 4.79 Å². The van der Waals surface area contributed by atoms with Crippen LogP contribution in [0, 0.1) is 0 Å². The molecule has 0 saturated carbocycles. The number of aromatic amines is 1. The van der Waals surface area contributed by atoms with Crippen molar-refractivity contribution in [3.8, 4) is 5.69 Å². The third kappa shape index (κ3) is 3.56. The molecule has 2 aromatic heterocycles. The molecule has 0 aliphatic heterocycles. The zero-order valence-electron chi connectivity index (χ0n) is 14.2. The van der Waals surface area contributed by atoms with Crippen molar-refractivity contribution in [3.05, 3.63) is 80.7 Å². The second-order valence-corrected chi connectivity index (χ2v) is 7.60. The van der Waals surface area contributed by atoms with E-state index in [4.69, 9.17) is 23.2 Å². The van der Waals surface area contributed by atoms with E-state index in [9.17, 15) is 9.59 Å². The van der Waals surface area contributed by atoms with Gasteiger partial charge in [-0.05, 0) is 30.3 Å². The third-order valence-electron chi connectivity index (χ3n) is 4.04. The van der Waals surface area contributed by atoms with Gasteiger partial charge in [-0.1, -0.05) is 53.2 Å². The minimum atomic E-state index is -0.255. The second-order valence-electron chi connectivity index (χ2n) is 5.84. The molecule has 4 aromatic rings. The molecule has 0 fully saturated rings. The molecule has 0 saturated heterocycles. The van der Waals surface area contributed by atoms with Crippen molar-refractivity contribution >= 4 is 51.8 Å². The molecule has 0 radical (unpaired) electrons. The van der Waals surface area contributed by atoms with Gasteiger partial charge in [-0.2, -0.15) is 5.10 Å². The maximum atomic E-state index is 12.9. The molecule has 4 rings (SSSR count). The van der Waals surface area contributed by atoms with Crippen LogP contribution in [0.2, 0.25) is 10.0 Å². The molecule has 0 bridgehead atoms. The molecule has 0 spiro atoms. The Morgan fingerprint density at radius 2 is 1.89 bits per heavy atom. The van der Waals surface area contributed by atoms with Crippen LogP contribution < -0.4 is 5.56 Å². The first-order valence-electron chi connectivity index (χ1n) is 8.17. The van der Waals surface area contributed by atoms with Gasteiger partial charge in [-0.25, -0.2) is 4.98 Å². The zero-order valence-corrected chi connectivity index (χ0v) is 16.6. The summed E-state index contributed by atoms with van der Waals surface area (Å²) in [5, 5.41) is 8.07. The molecule has 1 N–H and O–H groups in total. The van der Waals surface area contributed by atoms with E-state index < -0.39 is 0 Å². The largest absolute Gasteiger partial charge is 0.293 e. The van der Waals surface area contributed by atoms with Crippen LogP contribution in [0.25, 0.3) is 16.7 Å². The summed E-state index contributed by atoms with van der Waals surface area (Å²) in [6.45, 7) is 0. The molecule has 0 atom stereocenters. The van der Waals surface area contributed by atoms with Gasteiger partial charge in [0.1, 0.15) is 5.39 Å². The number of rotatable bonds is 5. The highest BCUT2D eigenvalue weighted by atomic mass is 35.5. The Bertz CT molecular complexity index is 1240. The number of nitrogens with one attached hydrogen (secondary N) is 1. The molecule has 2 aromatic carbocycles. The summed E-state index contributed by atoms with van der Waals surface area (Å²) >= 11 is 13.1. The van der Waals surface area contributed by atoms with Gasteiger partial charge < -0.3 is 0 Å². The van der Waals surface area contributed by atoms with Crippen molar-refractivity contribution in [2.24, 2.45) is 0 Å². The Morgan fingerprint density at radius 3 is 2.64 bits per heavy atom. The van der Waals surface area contributed by atoms with Crippen molar-refractivity contribution in [2.75, 3.05) is 5.75 Å². The van der Waals surface area contributed by atoms with E-state index in [-0.39, 0.29) is 17.1 Å². The van der Waals surface area contributed by atoms with Gasteiger partial charge in [0.2, 0.25) is 0 Å². The first kappa shape index (κ1) is 18.7. The molecule has 140 valence electrons. The molecule has 0 amide bonds. The lowest BCUT2D eigenvalue weighted by Gasteiger charge is -2.11. The Hall–Kier alpha value is -2.61. The van der Waals surface area contributed by atoms with Gasteiger partial charge in [-0.15, -0.1) is 0 Å². The number of benzene rings is 2. The second kappa shape index (κ2) is 7.79. The zero-order chi connectivity index (χ0) is 19.7. The summed E-state index contributed by atoms with van der Waals surface area (Å²) in [7, 11) is 0. The Kier molecular flexibility index (Phi) is 5.21. The lowest BCUT2D eigenvalue weighted by Crippen LogP contribution is -2.21. The normalized spacial score (nSPS) is 11.1. The molecular formula is C19H12Cl2N4O2S. The monoisotopic (exact) mass is 430 g/mol. The maximum Gasteiger partial charge on any atom is 0.269 e. The number of fused-ring (bicyclic) bond motifs is 1. The predicted molar refractivity (Wildman–Crippen MR) is 111 cm³/mol. The number of Topliss-reactive ketones (excluding diaryl/α,β-unsaturated/α-hetero) is 1. The van der Waals surface area contributed by atoms with Gasteiger partial charge in [0, 0.05) is 5.56 Å². The molecule has 0 aliphatic carbocycles. The van der Waals surface area contributed by atoms with E-state index in [2.05, 4.69) is 15.2 Å². The standard InChI is InChI=1S/C19H12Cl2N4O2S/c20-14-7-6-11(8-15(14)21)16(26)10-28-19-23-17-13(9-22-24-17)18(27)25(19)12-4-2-1-3-5-12/h1-9H,10H2,(H,22,24). The number of aromatic nitrogens is 4.